The number of carbonyl (C=O) groups excluding carboxylic acids is 3. The van der Waals surface area contributed by atoms with Crippen molar-refractivity contribution in [3.63, 3.8) is 0 Å². The molecule has 1 amide bonds. The van der Waals surface area contributed by atoms with Crippen LogP contribution in [-0.2, 0) is 14.3 Å². The van der Waals surface area contributed by atoms with Gasteiger partial charge >= 0.3 is 11.9 Å². The molecule has 6 nitrogen and oxygen atoms in total. The minimum atomic E-state index is -0.539. The highest BCUT2D eigenvalue weighted by atomic mass is 32.1. The van der Waals surface area contributed by atoms with Gasteiger partial charge in [0.2, 0.25) is 5.91 Å². The molecule has 1 aliphatic carbocycles. The molecule has 1 saturated carbocycles. The molecular formula is C20H29NO5S. The first kappa shape index (κ1) is 21.4. The summed E-state index contributed by atoms with van der Waals surface area (Å²) < 4.78 is 10.4. The Balaban J connectivity index is 2.22. The van der Waals surface area contributed by atoms with Gasteiger partial charge in [0.1, 0.15) is 9.88 Å². The third-order valence-electron chi connectivity index (χ3n) is 4.61. The van der Waals surface area contributed by atoms with Crippen LogP contribution in [0.5, 0.6) is 0 Å². The van der Waals surface area contributed by atoms with E-state index in [0.717, 1.165) is 37.0 Å². The number of rotatable bonds is 7. The Labute approximate surface area is 164 Å². The SMILES string of the molecule is CCOC(=O)c1c(NC(=O)CC2CCCCC2)sc(C(=O)OC(C)C)c1C. The van der Waals surface area contributed by atoms with E-state index in [2.05, 4.69) is 5.32 Å². The number of nitrogens with one attached hydrogen (secondary N) is 1. The van der Waals surface area contributed by atoms with Crippen LogP contribution in [0, 0.1) is 12.8 Å². The fourth-order valence-electron chi connectivity index (χ4n) is 3.34. The van der Waals surface area contributed by atoms with E-state index in [4.69, 9.17) is 9.47 Å². The molecule has 1 heterocycles. The molecule has 0 aliphatic heterocycles. The van der Waals surface area contributed by atoms with E-state index in [9.17, 15) is 14.4 Å². The predicted octanol–water partition coefficient (Wildman–Crippen LogP) is 4.71. The second kappa shape index (κ2) is 9.88. The molecule has 27 heavy (non-hydrogen) atoms. The number of hydrogen-bond acceptors (Lipinski definition) is 6. The normalized spacial score (nSPS) is 14.9. The lowest BCUT2D eigenvalue weighted by molar-refractivity contribution is -0.117. The number of esters is 2. The molecule has 0 saturated heterocycles. The van der Waals surface area contributed by atoms with Crippen molar-refractivity contribution in [1.82, 2.24) is 0 Å². The summed E-state index contributed by atoms with van der Waals surface area (Å²) in [6, 6.07) is 0. The molecule has 7 heteroatoms. The molecule has 0 atom stereocenters. The molecule has 1 N–H and O–H groups in total. The smallest absolute Gasteiger partial charge is 0.348 e. The van der Waals surface area contributed by atoms with E-state index >= 15 is 0 Å². The number of ether oxygens (including phenoxy) is 2. The molecular weight excluding hydrogens is 366 g/mol. The summed E-state index contributed by atoms with van der Waals surface area (Å²) in [7, 11) is 0. The van der Waals surface area contributed by atoms with Gasteiger partial charge in [-0.3, -0.25) is 4.79 Å². The standard InChI is InChI=1S/C20H29NO5S/c1-5-25-19(23)16-13(4)17(20(24)26-12(2)3)27-18(16)21-15(22)11-14-9-7-6-8-10-14/h12,14H,5-11H2,1-4H3,(H,21,22). The maximum atomic E-state index is 12.5. The average molecular weight is 396 g/mol. The van der Waals surface area contributed by atoms with E-state index < -0.39 is 11.9 Å². The van der Waals surface area contributed by atoms with Gasteiger partial charge in [-0.25, -0.2) is 9.59 Å². The van der Waals surface area contributed by atoms with Crippen LogP contribution in [0.15, 0.2) is 0 Å². The lowest BCUT2D eigenvalue weighted by Gasteiger charge is -2.20. The third kappa shape index (κ3) is 5.79. The number of carbonyl (C=O) groups is 3. The zero-order valence-corrected chi connectivity index (χ0v) is 17.4. The molecule has 0 aromatic carbocycles. The van der Waals surface area contributed by atoms with Gasteiger partial charge in [-0.1, -0.05) is 19.3 Å². The second-order valence-electron chi connectivity index (χ2n) is 7.19. The number of anilines is 1. The van der Waals surface area contributed by atoms with E-state index in [-0.39, 0.29) is 24.2 Å². The highest BCUT2D eigenvalue weighted by molar-refractivity contribution is 7.18. The Morgan fingerprint density at radius 2 is 1.81 bits per heavy atom. The van der Waals surface area contributed by atoms with Gasteiger partial charge in [-0.05, 0) is 52.0 Å². The summed E-state index contributed by atoms with van der Waals surface area (Å²) >= 11 is 1.07. The first-order valence-corrected chi connectivity index (χ1v) is 10.5. The van der Waals surface area contributed by atoms with E-state index in [1.165, 1.54) is 6.42 Å². The van der Waals surface area contributed by atoms with Crippen molar-refractivity contribution in [2.24, 2.45) is 5.92 Å². The Kier molecular flexibility index (Phi) is 7.83. The van der Waals surface area contributed by atoms with Crippen LogP contribution >= 0.6 is 11.3 Å². The molecule has 1 aromatic rings. The zero-order chi connectivity index (χ0) is 20.0. The van der Waals surface area contributed by atoms with Crippen LogP contribution in [0.25, 0.3) is 0 Å². The van der Waals surface area contributed by atoms with Crippen LogP contribution in [-0.4, -0.2) is 30.6 Å². The molecule has 0 radical (unpaired) electrons. The second-order valence-corrected chi connectivity index (χ2v) is 8.21. The van der Waals surface area contributed by atoms with Crippen molar-refractivity contribution in [2.45, 2.75) is 72.3 Å². The molecule has 0 spiro atoms. The van der Waals surface area contributed by atoms with Crippen molar-refractivity contribution < 1.29 is 23.9 Å². The highest BCUT2D eigenvalue weighted by Crippen LogP contribution is 2.35. The Morgan fingerprint density at radius 1 is 1.15 bits per heavy atom. The van der Waals surface area contributed by atoms with E-state index in [1.54, 1.807) is 27.7 Å². The lowest BCUT2D eigenvalue weighted by Crippen LogP contribution is -2.19. The van der Waals surface area contributed by atoms with Crippen LogP contribution in [0.2, 0.25) is 0 Å². The number of amides is 1. The van der Waals surface area contributed by atoms with Crippen molar-refractivity contribution in [3.05, 3.63) is 16.0 Å². The van der Waals surface area contributed by atoms with Crippen molar-refractivity contribution >= 4 is 34.2 Å². The molecule has 150 valence electrons. The third-order valence-corrected chi connectivity index (χ3v) is 5.79. The predicted molar refractivity (Wildman–Crippen MR) is 105 cm³/mol. The average Bonchev–Trinajstić information content (AvgIpc) is 2.91. The molecule has 1 aliphatic rings. The molecule has 0 unspecified atom stereocenters. The minimum absolute atomic E-state index is 0.127. The maximum Gasteiger partial charge on any atom is 0.348 e. The fraction of sp³-hybridized carbons (Fsp3) is 0.650. The summed E-state index contributed by atoms with van der Waals surface area (Å²) in [6.07, 6.45) is 5.85. The molecule has 1 aromatic heterocycles. The first-order chi connectivity index (χ1) is 12.8. The lowest BCUT2D eigenvalue weighted by atomic mass is 9.87. The summed E-state index contributed by atoms with van der Waals surface area (Å²) in [5, 5.41) is 3.20. The van der Waals surface area contributed by atoms with Gasteiger partial charge < -0.3 is 14.8 Å². The van der Waals surface area contributed by atoms with Crippen LogP contribution < -0.4 is 5.32 Å². The van der Waals surface area contributed by atoms with Crippen molar-refractivity contribution in [2.75, 3.05) is 11.9 Å². The highest BCUT2D eigenvalue weighted by Gasteiger charge is 2.28. The Bertz CT molecular complexity index is 689. The topological polar surface area (TPSA) is 81.7 Å². The monoisotopic (exact) mass is 395 g/mol. The summed E-state index contributed by atoms with van der Waals surface area (Å²) in [5.41, 5.74) is 0.728. The maximum absolute atomic E-state index is 12.5. The number of hydrogen-bond donors (Lipinski definition) is 1. The Hall–Kier alpha value is -1.89. The van der Waals surface area contributed by atoms with Gasteiger partial charge in [-0.15, -0.1) is 11.3 Å². The number of thiophene rings is 1. The molecule has 2 rings (SSSR count). The van der Waals surface area contributed by atoms with Crippen molar-refractivity contribution in [3.8, 4) is 0 Å². The molecule has 0 bridgehead atoms. The quantitative estimate of drug-likeness (QED) is 0.676. The van der Waals surface area contributed by atoms with Gasteiger partial charge in [0.15, 0.2) is 0 Å². The van der Waals surface area contributed by atoms with E-state index in [0.29, 0.717) is 27.8 Å². The van der Waals surface area contributed by atoms with Gasteiger partial charge in [0, 0.05) is 6.42 Å². The van der Waals surface area contributed by atoms with Crippen LogP contribution in [0.1, 0.15) is 84.9 Å². The summed E-state index contributed by atoms with van der Waals surface area (Å²) in [6.45, 7) is 7.14. The summed E-state index contributed by atoms with van der Waals surface area (Å²) in [4.78, 5) is 37.6. The van der Waals surface area contributed by atoms with Crippen molar-refractivity contribution in [1.29, 1.82) is 0 Å². The largest absolute Gasteiger partial charge is 0.462 e. The first-order valence-electron chi connectivity index (χ1n) is 9.64. The van der Waals surface area contributed by atoms with Gasteiger partial charge in [0.25, 0.3) is 0 Å². The summed E-state index contributed by atoms with van der Waals surface area (Å²) in [5.74, 6) is -0.776. The Morgan fingerprint density at radius 3 is 2.41 bits per heavy atom. The van der Waals surface area contributed by atoms with Crippen LogP contribution in [0.4, 0.5) is 5.00 Å². The van der Waals surface area contributed by atoms with Gasteiger partial charge in [0.05, 0.1) is 18.3 Å². The fourth-order valence-corrected chi connectivity index (χ4v) is 4.44. The van der Waals surface area contributed by atoms with Gasteiger partial charge in [-0.2, -0.15) is 0 Å². The zero-order valence-electron chi connectivity index (χ0n) is 16.6. The molecule has 1 fully saturated rings. The minimum Gasteiger partial charge on any atom is -0.462 e. The van der Waals surface area contributed by atoms with Crippen LogP contribution in [0.3, 0.4) is 0 Å². The van der Waals surface area contributed by atoms with E-state index in [1.807, 2.05) is 0 Å².